The van der Waals surface area contributed by atoms with Gasteiger partial charge in [0.15, 0.2) is 0 Å². The first-order chi connectivity index (χ1) is 12.7. The van der Waals surface area contributed by atoms with Crippen molar-refractivity contribution < 1.29 is 18.0 Å². The molecule has 3 atom stereocenters. The third-order valence-corrected chi connectivity index (χ3v) is 6.31. The van der Waals surface area contributed by atoms with Crippen molar-refractivity contribution in [2.45, 2.75) is 56.5 Å². The highest BCUT2D eigenvalue weighted by atomic mass is 35.5. The number of hydrogen-bond donors (Lipinski definition) is 4. The first kappa shape index (κ1) is 24.4. The van der Waals surface area contributed by atoms with Crippen molar-refractivity contribution in [3.8, 4) is 0 Å². The Kier molecular flexibility index (Phi) is 9.35. The minimum Gasteiger partial charge on any atom is -0.352 e. The molecule has 0 aliphatic heterocycles. The van der Waals surface area contributed by atoms with Crippen LogP contribution in [0.2, 0.25) is 0 Å². The van der Waals surface area contributed by atoms with E-state index in [1.54, 1.807) is 0 Å². The molecular weight excluding hydrogens is 404 g/mol. The quantitative estimate of drug-likeness (QED) is 0.516. The first-order valence-corrected chi connectivity index (χ1v) is 10.6. The van der Waals surface area contributed by atoms with Gasteiger partial charge in [-0.05, 0) is 56.5 Å². The van der Waals surface area contributed by atoms with Gasteiger partial charge in [0.2, 0.25) is 21.8 Å². The molecule has 1 aliphatic carbocycles. The molecule has 3 unspecified atom stereocenters. The van der Waals surface area contributed by atoms with Gasteiger partial charge >= 0.3 is 0 Å². The number of rotatable bonds is 7. The number of nitrogens with one attached hydrogen (secondary N) is 3. The van der Waals surface area contributed by atoms with Crippen LogP contribution >= 0.6 is 12.4 Å². The van der Waals surface area contributed by atoms with Gasteiger partial charge in [-0.25, -0.2) is 8.42 Å². The standard InChI is InChI=1S/C18H28N4O4S.ClH/c1-12(18(24)21-17-6-4-3-5-14(17)11-19)22-27(25,26)16-9-7-15(8-10-16)20-13(2)23;/h7-10,12,14,17,22H,3-6,11,19H2,1-2H3,(H,20,23)(H,21,24);1H. The van der Waals surface area contributed by atoms with Gasteiger partial charge in [0.1, 0.15) is 0 Å². The molecule has 158 valence electrons. The predicted molar refractivity (Wildman–Crippen MR) is 111 cm³/mol. The number of benzene rings is 1. The summed E-state index contributed by atoms with van der Waals surface area (Å²) in [6.07, 6.45) is 3.97. The monoisotopic (exact) mass is 432 g/mol. The maximum absolute atomic E-state index is 12.5. The fraction of sp³-hybridized carbons (Fsp3) is 0.556. The second kappa shape index (κ2) is 10.8. The number of amides is 2. The largest absolute Gasteiger partial charge is 0.352 e. The smallest absolute Gasteiger partial charge is 0.241 e. The van der Waals surface area contributed by atoms with E-state index in [2.05, 4.69) is 15.4 Å². The summed E-state index contributed by atoms with van der Waals surface area (Å²) in [6, 6.07) is 4.82. The van der Waals surface area contributed by atoms with Gasteiger partial charge in [-0.3, -0.25) is 9.59 Å². The molecule has 1 aliphatic rings. The van der Waals surface area contributed by atoms with E-state index >= 15 is 0 Å². The van der Waals surface area contributed by atoms with Crippen molar-refractivity contribution in [1.82, 2.24) is 10.0 Å². The Labute approximate surface area is 172 Å². The summed E-state index contributed by atoms with van der Waals surface area (Å²) in [5.41, 5.74) is 6.27. The second-order valence-corrected chi connectivity index (χ2v) is 8.66. The predicted octanol–water partition coefficient (Wildman–Crippen LogP) is 1.37. The third kappa shape index (κ3) is 6.73. The van der Waals surface area contributed by atoms with Crippen LogP contribution in [0.4, 0.5) is 5.69 Å². The van der Waals surface area contributed by atoms with Crippen LogP contribution < -0.4 is 21.1 Å². The molecule has 8 nitrogen and oxygen atoms in total. The maximum atomic E-state index is 12.5. The summed E-state index contributed by atoms with van der Waals surface area (Å²) in [6.45, 7) is 3.39. The summed E-state index contributed by atoms with van der Waals surface area (Å²) in [5, 5.41) is 5.50. The summed E-state index contributed by atoms with van der Waals surface area (Å²) >= 11 is 0. The Morgan fingerprint density at radius 3 is 2.36 bits per heavy atom. The van der Waals surface area contributed by atoms with Crippen LogP contribution in [0.5, 0.6) is 0 Å². The molecule has 1 fully saturated rings. The molecule has 28 heavy (non-hydrogen) atoms. The molecule has 0 radical (unpaired) electrons. The Hall–Kier alpha value is -1.68. The fourth-order valence-electron chi connectivity index (χ4n) is 3.26. The molecule has 1 aromatic carbocycles. The highest BCUT2D eigenvalue weighted by molar-refractivity contribution is 7.89. The zero-order valence-corrected chi connectivity index (χ0v) is 17.7. The van der Waals surface area contributed by atoms with E-state index in [4.69, 9.17) is 5.73 Å². The number of hydrogen-bond acceptors (Lipinski definition) is 5. The van der Waals surface area contributed by atoms with Crippen LogP contribution in [0, 0.1) is 5.92 Å². The van der Waals surface area contributed by atoms with E-state index in [0.717, 1.165) is 25.7 Å². The number of carbonyl (C=O) groups excluding carboxylic acids is 2. The number of nitrogens with two attached hydrogens (primary N) is 1. The highest BCUT2D eigenvalue weighted by Gasteiger charge is 2.28. The number of anilines is 1. The Bertz CT molecular complexity index is 770. The molecule has 0 saturated heterocycles. The third-order valence-electron chi connectivity index (χ3n) is 4.75. The summed E-state index contributed by atoms with van der Waals surface area (Å²) in [5.74, 6) is -0.376. The first-order valence-electron chi connectivity index (χ1n) is 9.13. The van der Waals surface area contributed by atoms with Gasteiger partial charge in [0.05, 0.1) is 10.9 Å². The lowest BCUT2D eigenvalue weighted by Gasteiger charge is -2.32. The number of sulfonamides is 1. The molecule has 1 aromatic rings. The van der Waals surface area contributed by atoms with Crippen molar-refractivity contribution in [2.24, 2.45) is 11.7 Å². The maximum Gasteiger partial charge on any atom is 0.241 e. The fourth-order valence-corrected chi connectivity index (χ4v) is 4.47. The van der Waals surface area contributed by atoms with Gasteiger partial charge in [-0.1, -0.05) is 12.8 Å². The van der Waals surface area contributed by atoms with Crippen molar-refractivity contribution >= 4 is 39.9 Å². The molecule has 2 amide bonds. The molecule has 0 heterocycles. The Morgan fingerprint density at radius 2 is 1.79 bits per heavy atom. The lowest BCUT2D eigenvalue weighted by atomic mass is 9.84. The van der Waals surface area contributed by atoms with Gasteiger partial charge in [0, 0.05) is 18.7 Å². The van der Waals surface area contributed by atoms with Crippen LogP contribution in [-0.2, 0) is 19.6 Å². The Morgan fingerprint density at radius 1 is 1.18 bits per heavy atom. The van der Waals surface area contributed by atoms with Crippen LogP contribution in [0.15, 0.2) is 29.2 Å². The average molecular weight is 433 g/mol. The molecular formula is C18H29ClN4O4S. The lowest BCUT2D eigenvalue weighted by Crippen LogP contribution is -2.51. The van der Waals surface area contributed by atoms with Crippen LogP contribution in [0.3, 0.4) is 0 Å². The van der Waals surface area contributed by atoms with Gasteiger partial charge in [-0.2, -0.15) is 4.72 Å². The minimum atomic E-state index is -3.86. The zero-order valence-electron chi connectivity index (χ0n) is 16.1. The van der Waals surface area contributed by atoms with Crippen molar-refractivity contribution in [3.63, 3.8) is 0 Å². The van der Waals surface area contributed by atoms with E-state index in [1.807, 2.05) is 0 Å². The van der Waals surface area contributed by atoms with Crippen LogP contribution in [-0.4, -0.2) is 38.9 Å². The molecule has 0 spiro atoms. The van der Waals surface area contributed by atoms with Gasteiger partial charge < -0.3 is 16.4 Å². The van der Waals surface area contributed by atoms with E-state index in [-0.39, 0.29) is 41.1 Å². The van der Waals surface area contributed by atoms with Gasteiger partial charge in [-0.15, -0.1) is 12.4 Å². The molecule has 1 saturated carbocycles. The second-order valence-electron chi connectivity index (χ2n) is 6.94. The van der Waals surface area contributed by atoms with Crippen molar-refractivity contribution in [1.29, 1.82) is 0 Å². The lowest BCUT2D eigenvalue weighted by molar-refractivity contribution is -0.123. The Balaban J connectivity index is 0.00000392. The van der Waals surface area contributed by atoms with E-state index in [1.165, 1.54) is 38.1 Å². The van der Waals surface area contributed by atoms with E-state index < -0.39 is 16.1 Å². The van der Waals surface area contributed by atoms with Gasteiger partial charge in [0.25, 0.3) is 0 Å². The van der Waals surface area contributed by atoms with Crippen molar-refractivity contribution in [3.05, 3.63) is 24.3 Å². The van der Waals surface area contributed by atoms with E-state index in [0.29, 0.717) is 12.2 Å². The SMILES string of the molecule is CC(=O)Nc1ccc(S(=O)(=O)NC(C)C(=O)NC2CCCCC2CN)cc1.Cl. The summed E-state index contributed by atoms with van der Waals surface area (Å²) < 4.78 is 27.4. The molecule has 2 rings (SSSR count). The highest BCUT2D eigenvalue weighted by Crippen LogP contribution is 2.23. The number of carbonyl (C=O) groups is 2. The van der Waals surface area contributed by atoms with Crippen LogP contribution in [0.25, 0.3) is 0 Å². The molecule has 0 bridgehead atoms. The normalized spacial score (nSPS) is 20.5. The summed E-state index contributed by atoms with van der Waals surface area (Å²) in [7, 11) is -3.86. The molecule has 10 heteroatoms. The molecule has 0 aromatic heterocycles. The zero-order chi connectivity index (χ0) is 20.0. The van der Waals surface area contributed by atoms with Crippen LogP contribution in [0.1, 0.15) is 39.5 Å². The van der Waals surface area contributed by atoms with Crippen molar-refractivity contribution in [2.75, 3.05) is 11.9 Å². The average Bonchev–Trinajstić information content (AvgIpc) is 2.61. The number of halogens is 1. The topological polar surface area (TPSA) is 130 Å². The minimum absolute atomic E-state index is 0. The summed E-state index contributed by atoms with van der Waals surface area (Å²) in [4.78, 5) is 23.5. The molecule has 5 N–H and O–H groups in total. The van der Waals surface area contributed by atoms with E-state index in [9.17, 15) is 18.0 Å².